The second-order valence-electron chi connectivity index (χ2n) is 9.33. The fraction of sp³-hybridized carbons (Fsp3) is 0.333. The first-order valence-corrected chi connectivity index (χ1v) is 13.3. The number of carbonyl (C=O) groups is 1. The zero-order valence-corrected chi connectivity index (χ0v) is 20.7. The summed E-state index contributed by atoms with van der Waals surface area (Å²) in [5, 5.41) is 12.6. The van der Waals surface area contributed by atoms with Gasteiger partial charge >= 0.3 is 0 Å². The molecule has 192 valence electrons. The number of aromatic hydroxyl groups is 1. The lowest BCUT2D eigenvalue weighted by Crippen LogP contribution is -2.66. The summed E-state index contributed by atoms with van der Waals surface area (Å²) in [5.41, 5.74) is 0.890. The Hall–Kier alpha value is -3.37. The minimum atomic E-state index is -0.907. The van der Waals surface area contributed by atoms with Crippen molar-refractivity contribution in [3.05, 3.63) is 92.9 Å². The maximum absolute atomic E-state index is 15.4. The molecule has 4 heterocycles. The van der Waals surface area contributed by atoms with Crippen LogP contribution in [-0.2, 0) is 11.2 Å². The normalized spacial score (nSPS) is 21.5. The highest BCUT2D eigenvalue weighted by Crippen LogP contribution is 2.42. The second-order valence-corrected chi connectivity index (χ2v) is 10.5. The van der Waals surface area contributed by atoms with Gasteiger partial charge in [-0.25, -0.2) is 8.78 Å². The van der Waals surface area contributed by atoms with E-state index < -0.39 is 40.9 Å². The van der Waals surface area contributed by atoms with Gasteiger partial charge in [0.05, 0.1) is 19.3 Å². The smallest absolute Gasteiger partial charge is 0.278 e. The molecule has 2 atom stereocenters. The average Bonchev–Trinajstić information content (AvgIpc) is 2.91. The predicted molar refractivity (Wildman–Crippen MR) is 135 cm³/mol. The van der Waals surface area contributed by atoms with Crippen LogP contribution in [0.1, 0.15) is 46.1 Å². The Morgan fingerprint density at radius 3 is 2.73 bits per heavy atom. The van der Waals surface area contributed by atoms with E-state index in [0.717, 1.165) is 28.7 Å². The largest absolute Gasteiger partial charge is 0.502 e. The van der Waals surface area contributed by atoms with E-state index in [4.69, 9.17) is 4.74 Å². The van der Waals surface area contributed by atoms with Gasteiger partial charge in [0.15, 0.2) is 23.1 Å². The zero-order valence-electron chi connectivity index (χ0n) is 19.9. The third-order valence-corrected chi connectivity index (χ3v) is 8.43. The quantitative estimate of drug-likeness (QED) is 0.521. The van der Waals surface area contributed by atoms with Crippen molar-refractivity contribution in [1.82, 2.24) is 9.58 Å². The Morgan fingerprint density at radius 1 is 1.03 bits per heavy atom. The average molecular weight is 526 g/mol. The van der Waals surface area contributed by atoms with Crippen LogP contribution in [0.5, 0.6) is 5.75 Å². The van der Waals surface area contributed by atoms with Crippen molar-refractivity contribution in [3.8, 4) is 5.75 Å². The summed E-state index contributed by atoms with van der Waals surface area (Å²) in [4.78, 5) is 28.4. The standard InChI is InChI=1S/C27H25F2N3O4S/c28-19-9-8-17-16(23(19)29)5-3-4-14-37-21-7-2-1-6-18(21)24(17)32-22-15-36-13-12-30(22)27(35)25-26(34)20(33)10-11-31(25)32/h1-2,6-11,22,24,34H,3-5,12-15H2. The lowest BCUT2D eigenvalue weighted by Gasteiger charge is -2.51. The number of thioether (sulfide) groups is 1. The van der Waals surface area contributed by atoms with Gasteiger partial charge in [-0.3, -0.25) is 19.3 Å². The number of amides is 1. The van der Waals surface area contributed by atoms with E-state index in [-0.39, 0.29) is 18.8 Å². The molecule has 0 spiro atoms. The van der Waals surface area contributed by atoms with Gasteiger partial charge in [-0.2, -0.15) is 0 Å². The van der Waals surface area contributed by atoms with Gasteiger partial charge in [0.2, 0.25) is 5.43 Å². The number of hydrogen-bond donors (Lipinski definition) is 1. The van der Waals surface area contributed by atoms with Gasteiger partial charge < -0.3 is 14.7 Å². The van der Waals surface area contributed by atoms with Crippen LogP contribution < -0.4 is 10.4 Å². The number of nitrogens with zero attached hydrogens (tertiary/aromatic N) is 3. The number of aromatic nitrogens is 1. The molecule has 6 rings (SSSR count). The number of halogens is 2. The molecule has 1 amide bonds. The Balaban J connectivity index is 1.68. The summed E-state index contributed by atoms with van der Waals surface area (Å²) in [5.74, 6) is -2.09. The van der Waals surface area contributed by atoms with E-state index in [1.165, 1.54) is 16.9 Å². The Kier molecular flexibility index (Phi) is 6.16. The maximum atomic E-state index is 15.4. The molecular formula is C27H25F2N3O4S. The molecule has 0 aliphatic carbocycles. The molecule has 3 aromatic rings. The molecule has 2 aromatic carbocycles. The van der Waals surface area contributed by atoms with Gasteiger partial charge in [0.25, 0.3) is 5.91 Å². The molecule has 1 N–H and O–H groups in total. The number of benzene rings is 2. The maximum Gasteiger partial charge on any atom is 0.278 e. The summed E-state index contributed by atoms with van der Waals surface area (Å²) < 4.78 is 37.2. The van der Waals surface area contributed by atoms with Gasteiger partial charge in [0, 0.05) is 23.7 Å². The molecule has 10 heteroatoms. The van der Waals surface area contributed by atoms with E-state index in [0.29, 0.717) is 30.6 Å². The Bertz CT molecular complexity index is 1450. The van der Waals surface area contributed by atoms with E-state index in [9.17, 15) is 19.1 Å². The van der Waals surface area contributed by atoms with Crippen LogP contribution >= 0.6 is 11.8 Å². The molecule has 7 nitrogen and oxygen atoms in total. The van der Waals surface area contributed by atoms with E-state index in [1.807, 2.05) is 29.3 Å². The lowest BCUT2D eigenvalue weighted by atomic mass is 9.90. The molecule has 2 unspecified atom stereocenters. The van der Waals surface area contributed by atoms with Crippen LogP contribution in [0.25, 0.3) is 0 Å². The molecular weight excluding hydrogens is 500 g/mol. The van der Waals surface area contributed by atoms with Crippen LogP contribution in [-0.4, -0.2) is 52.3 Å². The molecule has 0 saturated carbocycles. The number of hydrogen-bond acceptors (Lipinski definition) is 6. The number of carbonyl (C=O) groups excluding carboxylic acids is 1. The number of morpholine rings is 1. The fourth-order valence-electron chi connectivity index (χ4n) is 5.53. The molecule has 0 radical (unpaired) electrons. The van der Waals surface area contributed by atoms with Crippen molar-refractivity contribution < 1.29 is 23.4 Å². The molecule has 1 aromatic heterocycles. The first-order valence-electron chi connectivity index (χ1n) is 12.3. The highest BCUT2D eigenvalue weighted by atomic mass is 32.2. The molecule has 1 fully saturated rings. The number of fused-ring (bicyclic) bond motifs is 4. The van der Waals surface area contributed by atoms with Crippen LogP contribution in [0.4, 0.5) is 8.78 Å². The number of pyridine rings is 1. The van der Waals surface area contributed by atoms with Crippen molar-refractivity contribution in [3.63, 3.8) is 0 Å². The summed E-state index contributed by atoms with van der Waals surface area (Å²) in [6.07, 6.45) is 2.74. The van der Waals surface area contributed by atoms with E-state index in [1.54, 1.807) is 22.7 Å². The van der Waals surface area contributed by atoms with Crippen LogP contribution in [0, 0.1) is 11.6 Å². The predicted octanol–water partition coefficient (Wildman–Crippen LogP) is 3.80. The highest BCUT2D eigenvalue weighted by molar-refractivity contribution is 7.99. The summed E-state index contributed by atoms with van der Waals surface area (Å²) in [6.45, 7) is 0.737. The van der Waals surface area contributed by atoms with Gasteiger partial charge in [-0.1, -0.05) is 24.3 Å². The van der Waals surface area contributed by atoms with E-state index >= 15 is 4.39 Å². The van der Waals surface area contributed by atoms with Crippen LogP contribution in [0.3, 0.4) is 0 Å². The topological polar surface area (TPSA) is 75.0 Å². The number of ether oxygens (including phenoxy) is 1. The fourth-order valence-corrected chi connectivity index (χ4v) is 6.62. The number of rotatable bonds is 1. The van der Waals surface area contributed by atoms with Gasteiger partial charge in [-0.05, 0) is 53.8 Å². The van der Waals surface area contributed by atoms with Crippen molar-refractivity contribution in [2.45, 2.75) is 36.4 Å². The van der Waals surface area contributed by atoms with Crippen molar-refractivity contribution in [2.75, 3.05) is 30.5 Å². The first-order chi connectivity index (χ1) is 18.0. The molecule has 37 heavy (non-hydrogen) atoms. The Morgan fingerprint density at radius 2 is 1.86 bits per heavy atom. The second kappa shape index (κ2) is 9.50. The zero-order chi connectivity index (χ0) is 25.7. The van der Waals surface area contributed by atoms with Crippen molar-refractivity contribution in [2.24, 2.45) is 0 Å². The molecule has 3 aliphatic heterocycles. The first kappa shape index (κ1) is 24.0. The van der Waals surface area contributed by atoms with Crippen LogP contribution in [0.2, 0.25) is 0 Å². The summed E-state index contributed by atoms with van der Waals surface area (Å²) in [6, 6.07) is 11.1. The lowest BCUT2D eigenvalue weighted by molar-refractivity contribution is -0.0198. The minimum absolute atomic E-state index is 0.156. The SMILES string of the molecule is O=C1c2c(O)c(=O)ccn2N(C2c3ccccc3SCCCCc3c2ccc(F)c3F)C2COCCN12. The summed E-state index contributed by atoms with van der Waals surface area (Å²) >= 11 is 1.70. The van der Waals surface area contributed by atoms with E-state index in [2.05, 4.69) is 0 Å². The summed E-state index contributed by atoms with van der Waals surface area (Å²) in [7, 11) is 0. The molecule has 3 aliphatic rings. The highest BCUT2D eigenvalue weighted by Gasteiger charge is 2.45. The molecule has 0 bridgehead atoms. The third-order valence-electron chi connectivity index (χ3n) is 7.26. The monoisotopic (exact) mass is 525 g/mol. The Labute approximate surface area is 216 Å². The van der Waals surface area contributed by atoms with Gasteiger partial charge in [0.1, 0.15) is 6.17 Å². The van der Waals surface area contributed by atoms with Crippen molar-refractivity contribution >= 4 is 17.7 Å². The minimum Gasteiger partial charge on any atom is -0.502 e. The van der Waals surface area contributed by atoms with Crippen LogP contribution in [0.15, 0.2) is 58.4 Å². The molecule has 1 saturated heterocycles. The third kappa shape index (κ3) is 3.90. The van der Waals surface area contributed by atoms with Crippen molar-refractivity contribution in [1.29, 1.82) is 0 Å². The van der Waals surface area contributed by atoms with Gasteiger partial charge in [-0.15, -0.1) is 11.8 Å².